The molecule has 312 valence electrons. The average molecular weight is 813 g/mol. The van der Waals surface area contributed by atoms with Crippen molar-refractivity contribution >= 4 is 28.9 Å². The largest absolute Gasteiger partial charge is 0.519 e. The topological polar surface area (TPSA) is 171 Å². The van der Waals surface area contributed by atoms with Crippen molar-refractivity contribution in [3.8, 4) is 11.5 Å². The molecule has 2 fully saturated rings. The van der Waals surface area contributed by atoms with E-state index in [1.807, 2.05) is 4.90 Å². The Labute approximate surface area is 340 Å². The lowest BCUT2D eigenvalue weighted by atomic mass is 9.68. The molecule has 0 atom stereocenters. The van der Waals surface area contributed by atoms with E-state index in [9.17, 15) is 18.8 Å². The van der Waals surface area contributed by atoms with Crippen LogP contribution in [-0.4, -0.2) is 102 Å². The van der Waals surface area contributed by atoms with E-state index in [2.05, 4.69) is 42.3 Å². The zero-order valence-electron chi connectivity index (χ0n) is 33.6. The second-order valence-corrected chi connectivity index (χ2v) is 15.3. The van der Waals surface area contributed by atoms with E-state index in [1.165, 1.54) is 23.5 Å². The lowest BCUT2D eigenvalue weighted by molar-refractivity contribution is -0.138. The molecule has 2 aromatic carbocycles. The first-order chi connectivity index (χ1) is 28.7. The van der Waals surface area contributed by atoms with Gasteiger partial charge in [-0.3, -0.25) is 9.69 Å². The summed E-state index contributed by atoms with van der Waals surface area (Å²) >= 11 is 0. The summed E-state index contributed by atoms with van der Waals surface area (Å²) in [6.45, 7) is 5.96. The minimum Gasteiger partial charge on any atom is -0.493 e. The number of aryl methyl sites for hydroxylation is 1. The molecule has 1 spiro atoms. The van der Waals surface area contributed by atoms with Gasteiger partial charge in [-0.2, -0.15) is 5.10 Å². The van der Waals surface area contributed by atoms with Gasteiger partial charge in [0.2, 0.25) is 5.91 Å². The van der Waals surface area contributed by atoms with Crippen molar-refractivity contribution in [2.24, 2.45) is 5.92 Å². The minimum absolute atomic E-state index is 0.0957. The van der Waals surface area contributed by atoms with Crippen LogP contribution in [0.1, 0.15) is 60.3 Å². The van der Waals surface area contributed by atoms with Gasteiger partial charge in [0.25, 0.3) is 0 Å². The van der Waals surface area contributed by atoms with Crippen molar-refractivity contribution in [2.75, 3.05) is 64.9 Å². The maximum absolute atomic E-state index is 14.4. The Morgan fingerprint density at radius 2 is 1.76 bits per heavy atom. The first-order valence-corrected chi connectivity index (χ1v) is 20.1. The van der Waals surface area contributed by atoms with Gasteiger partial charge in [0, 0.05) is 62.8 Å². The summed E-state index contributed by atoms with van der Waals surface area (Å²) in [6, 6.07) is 10.8. The van der Waals surface area contributed by atoms with Crippen LogP contribution in [0.15, 0.2) is 62.6 Å². The number of carbonyl (C=O) groups excluding carboxylic acids is 2. The number of nitrogens with zero attached hydrogens (tertiary/aromatic N) is 7. The van der Waals surface area contributed by atoms with Crippen LogP contribution in [0.5, 0.6) is 11.5 Å². The van der Waals surface area contributed by atoms with Crippen LogP contribution in [0.25, 0.3) is 11.0 Å². The number of methoxy groups -OCH3 is 2. The normalized spacial score (nSPS) is 19.5. The number of rotatable bonds is 12. The standard InChI is InChI=1S/C42H49FN8O8/c1-27-36(59-41(54)58-27)25-57-40(53)44-14-6-15-50-16-11-29-21-34(55-2)35(56-3)22-32(29)42(50)12-9-28(10-13-42)39(52)49-19-17-48(18-20-49)37-31-23-47-51(38(31)46-26-45-37)24-30-7-4-5-8-33(30)43/h4-5,7-8,21-23,26,28H,6,9-20,24-25H2,1-3H3,(H,44,53). The van der Waals surface area contributed by atoms with E-state index in [4.69, 9.17) is 23.0 Å². The number of nitrogens with one attached hydrogen (secondary N) is 1. The number of hydrogen-bond acceptors (Lipinski definition) is 13. The van der Waals surface area contributed by atoms with E-state index in [0.29, 0.717) is 61.9 Å². The molecule has 5 aromatic rings. The first-order valence-electron chi connectivity index (χ1n) is 20.1. The Morgan fingerprint density at radius 3 is 2.49 bits per heavy atom. The fraction of sp³-hybridized carbons (Fsp3) is 0.476. The number of halogens is 1. The second-order valence-electron chi connectivity index (χ2n) is 15.3. The number of ether oxygens (including phenoxy) is 3. The summed E-state index contributed by atoms with van der Waals surface area (Å²) in [6.07, 6.45) is 7.23. The number of amides is 2. The van der Waals surface area contributed by atoms with Crippen LogP contribution in [0, 0.1) is 18.7 Å². The monoisotopic (exact) mass is 812 g/mol. The highest BCUT2D eigenvalue weighted by atomic mass is 19.1. The molecule has 0 radical (unpaired) electrons. The maximum Gasteiger partial charge on any atom is 0.519 e. The Bertz CT molecular complexity index is 2360. The summed E-state index contributed by atoms with van der Waals surface area (Å²) in [5.74, 6) is 1.55. The molecule has 3 aromatic heterocycles. The lowest BCUT2D eigenvalue weighted by Crippen LogP contribution is -2.55. The average Bonchev–Trinajstić information content (AvgIpc) is 3.83. The van der Waals surface area contributed by atoms with Crippen molar-refractivity contribution in [3.63, 3.8) is 0 Å². The third-order valence-corrected chi connectivity index (χ3v) is 12.2. The maximum atomic E-state index is 14.4. The van der Waals surface area contributed by atoms with Gasteiger partial charge in [-0.1, -0.05) is 18.2 Å². The van der Waals surface area contributed by atoms with Crippen molar-refractivity contribution in [2.45, 2.75) is 64.1 Å². The highest BCUT2D eigenvalue weighted by Crippen LogP contribution is 2.50. The number of benzene rings is 2. The third-order valence-electron chi connectivity index (χ3n) is 12.2. The van der Waals surface area contributed by atoms with Crippen molar-refractivity contribution in [3.05, 3.63) is 93.6 Å². The van der Waals surface area contributed by atoms with Gasteiger partial charge in [-0.05, 0) is 74.8 Å². The quantitative estimate of drug-likeness (QED) is 0.171. The van der Waals surface area contributed by atoms with Crippen LogP contribution in [0.4, 0.5) is 15.0 Å². The molecule has 16 nitrogen and oxygen atoms in total. The predicted octanol–water partition coefficient (Wildman–Crippen LogP) is 4.79. The number of hydrogen-bond donors (Lipinski definition) is 1. The van der Waals surface area contributed by atoms with Gasteiger partial charge in [0.05, 0.1) is 32.3 Å². The van der Waals surface area contributed by atoms with Crippen LogP contribution < -0.4 is 25.5 Å². The summed E-state index contributed by atoms with van der Waals surface area (Å²) in [5.41, 5.74) is 3.28. The molecule has 2 amide bonds. The van der Waals surface area contributed by atoms with E-state index >= 15 is 0 Å². The molecule has 3 aliphatic rings. The van der Waals surface area contributed by atoms with Gasteiger partial charge < -0.3 is 38.2 Å². The Morgan fingerprint density at radius 1 is 1.00 bits per heavy atom. The van der Waals surface area contributed by atoms with E-state index in [-0.39, 0.29) is 47.9 Å². The number of alkyl carbamates (subject to hydrolysis) is 1. The number of fused-ring (bicyclic) bond motifs is 3. The smallest absolute Gasteiger partial charge is 0.493 e. The number of anilines is 1. The molecule has 1 aliphatic carbocycles. The van der Waals surface area contributed by atoms with E-state index in [0.717, 1.165) is 56.4 Å². The molecular formula is C42H49FN8O8. The van der Waals surface area contributed by atoms with Crippen LogP contribution in [0.2, 0.25) is 0 Å². The fourth-order valence-corrected chi connectivity index (χ4v) is 9.04. The number of piperazine rings is 1. The zero-order chi connectivity index (χ0) is 41.1. The molecule has 59 heavy (non-hydrogen) atoms. The summed E-state index contributed by atoms with van der Waals surface area (Å²) < 4.78 is 42.5. The highest BCUT2D eigenvalue weighted by Gasteiger charge is 2.47. The van der Waals surface area contributed by atoms with Crippen molar-refractivity contribution < 1.29 is 37.0 Å². The molecule has 17 heteroatoms. The molecule has 0 unspecified atom stereocenters. The predicted molar refractivity (Wildman–Crippen MR) is 213 cm³/mol. The molecule has 2 aliphatic heterocycles. The van der Waals surface area contributed by atoms with Crippen molar-refractivity contribution in [1.82, 2.24) is 34.9 Å². The second kappa shape index (κ2) is 17.1. The Hall–Kier alpha value is -5.97. The molecule has 5 heterocycles. The zero-order valence-corrected chi connectivity index (χ0v) is 33.6. The first kappa shape index (κ1) is 39.8. The summed E-state index contributed by atoms with van der Waals surface area (Å²) in [4.78, 5) is 53.6. The fourth-order valence-electron chi connectivity index (χ4n) is 9.04. The van der Waals surface area contributed by atoms with E-state index in [1.54, 1.807) is 50.2 Å². The number of aromatic nitrogens is 4. The number of carbonyl (C=O) groups is 2. The molecule has 1 saturated heterocycles. The molecule has 8 rings (SSSR count). The Kier molecular flexibility index (Phi) is 11.5. The van der Waals surface area contributed by atoms with Gasteiger partial charge in [-0.15, -0.1) is 0 Å². The van der Waals surface area contributed by atoms with Crippen molar-refractivity contribution in [1.29, 1.82) is 0 Å². The summed E-state index contributed by atoms with van der Waals surface area (Å²) in [7, 11) is 3.29. The third kappa shape index (κ3) is 8.07. The molecule has 1 saturated carbocycles. The molecule has 0 bridgehead atoms. The molecule has 1 N–H and O–H groups in total. The SMILES string of the molecule is COc1cc2c(cc1OC)C1(CCC(C(=O)N3CCN(c4ncnc5c4cnn5Cc4ccccc4F)CC3)CC1)N(CCCNC(=O)OCc1oc(=O)oc1C)CC2. The minimum atomic E-state index is -0.835. The summed E-state index contributed by atoms with van der Waals surface area (Å²) in [5, 5.41) is 8.11. The van der Waals surface area contributed by atoms with Crippen LogP contribution in [0.3, 0.4) is 0 Å². The van der Waals surface area contributed by atoms with Gasteiger partial charge in [-0.25, -0.2) is 28.6 Å². The van der Waals surface area contributed by atoms with E-state index < -0.39 is 11.9 Å². The van der Waals surface area contributed by atoms with Crippen LogP contribution in [-0.2, 0) is 34.6 Å². The molecular weight excluding hydrogens is 764 g/mol. The van der Waals surface area contributed by atoms with Crippen LogP contribution >= 0.6 is 0 Å². The van der Waals surface area contributed by atoms with Gasteiger partial charge in [0.1, 0.15) is 18.0 Å². The highest BCUT2D eigenvalue weighted by molar-refractivity contribution is 5.87. The lowest BCUT2D eigenvalue weighted by Gasteiger charge is -2.52. The van der Waals surface area contributed by atoms with Gasteiger partial charge in [0.15, 0.2) is 35.3 Å². The Balaban J connectivity index is 0.900. The van der Waals surface area contributed by atoms with Gasteiger partial charge >= 0.3 is 11.9 Å².